The highest BCUT2D eigenvalue weighted by molar-refractivity contribution is 5.99. The number of carbonyl (C=O) groups is 3. The Morgan fingerprint density at radius 1 is 1.38 bits per heavy atom. The molecule has 5 heteroatoms. The fourth-order valence-electron chi connectivity index (χ4n) is 2.11. The number of carboxylic acids is 1. The van der Waals surface area contributed by atoms with Crippen molar-refractivity contribution in [2.75, 3.05) is 0 Å². The summed E-state index contributed by atoms with van der Waals surface area (Å²) in [7, 11) is 0. The van der Waals surface area contributed by atoms with Crippen LogP contribution in [-0.2, 0) is 14.4 Å². The van der Waals surface area contributed by atoms with Gasteiger partial charge in [-0.25, -0.2) is 0 Å². The second-order valence-electron chi connectivity index (χ2n) is 5.02. The summed E-state index contributed by atoms with van der Waals surface area (Å²) in [5.74, 6) is -1.49. The zero-order valence-electron chi connectivity index (χ0n) is 9.82. The molecule has 1 saturated heterocycles. The number of aliphatic carboxylic acids is 1. The number of carboxylic acid groups (broad SMARTS) is 1. The summed E-state index contributed by atoms with van der Waals surface area (Å²) in [6, 6.07) is 0. The minimum absolute atomic E-state index is 0.0527. The second kappa shape index (κ2) is 4.23. The lowest BCUT2D eigenvalue weighted by Crippen LogP contribution is -2.55. The van der Waals surface area contributed by atoms with E-state index in [2.05, 4.69) is 0 Å². The molecule has 0 aromatic carbocycles. The van der Waals surface area contributed by atoms with Gasteiger partial charge < -0.3 is 5.11 Å². The van der Waals surface area contributed by atoms with Crippen LogP contribution in [-0.4, -0.2) is 33.3 Å². The van der Waals surface area contributed by atoms with Crippen molar-refractivity contribution < 1.29 is 19.5 Å². The maximum atomic E-state index is 11.8. The molecule has 0 aliphatic carbocycles. The fraction of sp³-hybridized carbons (Fsp3) is 0.727. The topological polar surface area (TPSA) is 74.7 Å². The molecule has 1 N–H and O–H groups in total. The van der Waals surface area contributed by atoms with Gasteiger partial charge in [-0.1, -0.05) is 6.92 Å². The molecule has 1 aliphatic heterocycles. The van der Waals surface area contributed by atoms with Crippen molar-refractivity contribution in [2.45, 2.75) is 45.6 Å². The average Bonchev–Trinajstić information content (AvgIpc) is 1.96. The number of hydrogen-bond acceptors (Lipinski definition) is 3. The number of likely N-dealkylation sites (tertiary alicyclic amines) is 1. The monoisotopic (exact) mass is 227 g/mol. The molecule has 2 amide bonds. The number of carbonyl (C=O) groups excluding carboxylic acids is 2. The van der Waals surface area contributed by atoms with Gasteiger partial charge in [0, 0.05) is 12.8 Å². The van der Waals surface area contributed by atoms with Crippen LogP contribution in [0.5, 0.6) is 0 Å². The molecule has 0 aromatic rings. The maximum absolute atomic E-state index is 11.8. The Kier molecular flexibility index (Phi) is 3.35. The molecule has 0 aromatic heterocycles. The Bertz CT molecular complexity index is 317. The molecular formula is C11H17NO4. The predicted octanol–water partition coefficient (Wildman–Crippen LogP) is 1.02. The zero-order chi connectivity index (χ0) is 12.5. The van der Waals surface area contributed by atoms with Gasteiger partial charge in [-0.15, -0.1) is 0 Å². The largest absolute Gasteiger partial charge is 0.481 e. The molecule has 1 fully saturated rings. The summed E-state index contributed by atoms with van der Waals surface area (Å²) in [6.07, 6.45) is 0.405. The van der Waals surface area contributed by atoms with Gasteiger partial charge >= 0.3 is 5.97 Å². The second-order valence-corrected chi connectivity index (χ2v) is 5.02. The summed E-state index contributed by atoms with van der Waals surface area (Å²) in [5.41, 5.74) is -0.944. The number of nitrogens with zero attached hydrogens (tertiary/aromatic N) is 1. The minimum atomic E-state index is -1.01. The van der Waals surface area contributed by atoms with E-state index in [0.29, 0.717) is 12.8 Å². The van der Waals surface area contributed by atoms with Crippen molar-refractivity contribution in [1.82, 2.24) is 4.90 Å². The van der Waals surface area contributed by atoms with Crippen LogP contribution >= 0.6 is 0 Å². The molecular weight excluding hydrogens is 210 g/mol. The number of piperidine rings is 1. The smallest absolute Gasteiger partial charge is 0.305 e. The molecule has 0 radical (unpaired) electrons. The lowest BCUT2D eigenvalue weighted by Gasteiger charge is -2.39. The van der Waals surface area contributed by atoms with Crippen LogP contribution in [0, 0.1) is 5.92 Å². The van der Waals surface area contributed by atoms with Crippen LogP contribution in [0.4, 0.5) is 0 Å². The van der Waals surface area contributed by atoms with Gasteiger partial charge in [0.25, 0.3) is 0 Å². The van der Waals surface area contributed by atoms with E-state index in [1.807, 2.05) is 6.92 Å². The molecule has 0 saturated carbocycles. The molecule has 0 spiro atoms. The first kappa shape index (κ1) is 12.7. The SMILES string of the molecule is CC1CC(=O)N(C(C)(C)CC(=O)O)C(=O)C1. The first-order valence-electron chi connectivity index (χ1n) is 5.31. The van der Waals surface area contributed by atoms with Gasteiger partial charge in [-0.3, -0.25) is 19.3 Å². The van der Waals surface area contributed by atoms with E-state index in [1.165, 1.54) is 0 Å². The van der Waals surface area contributed by atoms with Crippen molar-refractivity contribution >= 4 is 17.8 Å². The Hall–Kier alpha value is -1.39. The van der Waals surface area contributed by atoms with Crippen molar-refractivity contribution in [1.29, 1.82) is 0 Å². The lowest BCUT2D eigenvalue weighted by molar-refractivity contribution is -0.158. The maximum Gasteiger partial charge on any atom is 0.305 e. The lowest BCUT2D eigenvalue weighted by atomic mass is 9.90. The highest BCUT2D eigenvalue weighted by atomic mass is 16.4. The van der Waals surface area contributed by atoms with Crippen molar-refractivity contribution in [2.24, 2.45) is 5.92 Å². The summed E-state index contributed by atoms with van der Waals surface area (Å²) < 4.78 is 0. The van der Waals surface area contributed by atoms with E-state index in [4.69, 9.17) is 5.11 Å². The van der Waals surface area contributed by atoms with Crippen LogP contribution in [0.15, 0.2) is 0 Å². The van der Waals surface area contributed by atoms with Crippen LogP contribution in [0.25, 0.3) is 0 Å². The summed E-state index contributed by atoms with van der Waals surface area (Å²) in [5, 5.41) is 8.75. The molecule has 1 heterocycles. The Morgan fingerprint density at radius 2 is 1.81 bits per heavy atom. The molecule has 1 rings (SSSR count). The number of amides is 2. The molecule has 0 unspecified atom stereocenters. The first-order chi connectivity index (χ1) is 7.24. The molecule has 90 valence electrons. The minimum Gasteiger partial charge on any atom is -0.481 e. The molecule has 16 heavy (non-hydrogen) atoms. The van der Waals surface area contributed by atoms with E-state index >= 15 is 0 Å². The highest BCUT2D eigenvalue weighted by Gasteiger charge is 2.41. The Morgan fingerprint density at radius 3 is 2.19 bits per heavy atom. The number of imide groups is 1. The standard InChI is InChI=1S/C11H17NO4/c1-7-4-8(13)12(9(14)5-7)11(2,3)6-10(15)16/h7H,4-6H2,1-3H3,(H,15,16). The third-order valence-electron chi connectivity index (χ3n) is 2.73. The van der Waals surface area contributed by atoms with Crippen LogP contribution < -0.4 is 0 Å². The molecule has 0 atom stereocenters. The van der Waals surface area contributed by atoms with Crippen LogP contribution in [0.2, 0.25) is 0 Å². The van der Waals surface area contributed by atoms with Gasteiger partial charge in [0.15, 0.2) is 0 Å². The van der Waals surface area contributed by atoms with E-state index < -0.39 is 11.5 Å². The van der Waals surface area contributed by atoms with Crippen molar-refractivity contribution in [3.8, 4) is 0 Å². The van der Waals surface area contributed by atoms with E-state index in [9.17, 15) is 14.4 Å². The first-order valence-corrected chi connectivity index (χ1v) is 5.31. The van der Waals surface area contributed by atoms with Gasteiger partial charge in [-0.05, 0) is 19.8 Å². The van der Waals surface area contributed by atoms with Gasteiger partial charge in [0.1, 0.15) is 0 Å². The van der Waals surface area contributed by atoms with Gasteiger partial charge in [0.05, 0.1) is 12.0 Å². The fourth-order valence-corrected chi connectivity index (χ4v) is 2.11. The summed E-state index contributed by atoms with van der Waals surface area (Å²) in [6.45, 7) is 5.05. The molecule has 1 aliphatic rings. The number of hydrogen-bond donors (Lipinski definition) is 1. The van der Waals surface area contributed by atoms with Crippen LogP contribution in [0.1, 0.15) is 40.0 Å². The Labute approximate surface area is 94.4 Å². The predicted molar refractivity (Wildman–Crippen MR) is 56.6 cm³/mol. The third kappa shape index (κ3) is 2.59. The zero-order valence-corrected chi connectivity index (χ0v) is 9.82. The molecule has 0 bridgehead atoms. The van der Waals surface area contributed by atoms with Crippen molar-refractivity contribution in [3.05, 3.63) is 0 Å². The third-order valence-corrected chi connectivity index (χ3v) is 2.73. The van der Waals surface area contributed by atoms with Crippen LogP contribution in [0.3, 0.4) is 0 Å². The highest BCUT2D eigenvalue weighted by Crippen LogP contribution is 2.28. The van der Waals surface area contributed by atoms with E-state index in [1.54, 1.807) is 13.8 Å². The van der Waals surface area contributed by atoms with Gasteiger partial charge in [0.2, 0.25) is 11.8 Å². The van der Waals surface area contributed by atoms with E-state index in [-0.39, 0.29) is 24.2 Å². The normalized spacial score (nSPS) is 19.1. The number of rotatable bonds is 3. The summed E-state index contributed by atoms with van der Waals surface area (Å²) >= 11 is 0. The van der Waals surface area contributed by atoms with Crippen molar-refractivity contribution in [3.63, 3.8) is 0 Å². The quantitative estimate of drug-likeness (QED) is 0.730. The molecule has 5 nitrogen and oxygen atoms in total. The van der Waals surface area contributed by atoms with Gasteiger partial charge in [-0.2, -0.15) is 0 Å². The summed E-state index contributed by atoms with van der Waals surface area (Å²) in [4.78, 5) is 35.3. The van der Waals surface area contributed by atoms with E-state index in [0.717, 1.165) is 4.90 Å². The Balaban J connectivity index is 2.89. The average molecular weight is 227 g/mol.